The highest BCUT2D eigenvalue weighted by Gasteiger charge is 1.89. The molecule has 0 aromatic rings. The Morgan fingerprint density at radius 2 is 1.00 bits per heavy atom. The summed E-state index contributed by atoms with van der Waals surface area (Å²) >= 11 is 0. The maximum Gasteiger partial charge on any atom is 0.0697 e. The maximum absolute atomic E-state index is 4.13. The van der Waals surface area contributed by atoms with E-state index in [4.69, 9.17) is 0 Å². The summed E-state index contributed by atoms with van der Waals surface area (Å²) in [6.07, 6.45) is 4.68. The van der Waals surface area contributed by atoms with Gasteiger partial charge in [-0.15, -0.1) is 0 Å². The number of unbranched alkanes of at least 4 members (excludes halogenated alkanes) is 2. The summed E-state index contributed by atoms with van der Waals surface area (Å²) in [5, 5.41) is 16.5. The number of nitrogens with zero attached hydrogens (tertiary/aromatic N) is 4. The summed E-state index contributed by atoms with van der Waals surface area (Å²) in [5.41, 5.74) is 0. The summed E-state index contributed by atoms with van der Waals surface area (Å²) in [6, 6.07) is 0. The van der Waals surface area contributed by atoms with Gasteiger partial charge < -0.3 is 0 Å². The summed E-state index contributed by atoms with van der Waals surface area (Å²) in [4.78, 5) is 0. The van der Waals surface area contributed by atoms with Gasteiger partial charge in [-0.25, -0.2) is 0 Å². The largest absolute Gasteiger partial charge is 0.194 e. The number of hydrogen-bond donors (Lipinski definition) is 0. The lowest BCUT2D eigenvalue weighted by atomic mass is 10.3. The second kappa shape index (κ2) is 16.9. The van der Waals surface area contributed by atoms with Crippen LogP contribution >= 0.6 is 21.6 Å². The molecule has 0 aromatic carbocycles. The molecule has 0 unspecified atom stereocenters. The van der Waals surface area contributed by atoms with Crippen LogP contribution in [-0.4, -0.2) is 37.7 Å². The Hall–Kier alpha value is -0.100. The number of rotatable bonds is 13. The van der Waals surface area contributed by atoms with Crippen LogP contribution in [0.25, 0.3) is 0 Å². The molecule has 0 bridgehead atoms. The van der Waals surface area contributed by atoms with Crippen LogP contribution in [0.5, 0.6) is 0 Å². The van der Waals surface area contributed by atoms with Crippen LogP contribution in [0, 0.1) is 0 Å². The third-order valence-corrected chi connectivity index (χ3v) is 4.42. The van der Waals surface area contributed by atoms with E-state index in [-0.39, 0.29) is 0 Å². The molecule has 0 atom stereocenters. The molecule has 0 amide bonds. The Bertz CT molecular complexity index is 188. The third-order valence-electron chi connectivity index (χ3n) is 2.06. The Morgan fingerprint density at radius 1 is 0.611 bits per heavy atom. The predicted molar refractivity (Wildman–Crippen MR) is 83.9 cm³/mol. The smallest absolute Gasteiger partial charge is 0.0697 e. The Labute approximate surface area is 119 Å². The molecule has 0 aromatic heterocycles. The molecular formula is C12H26N4S2. The molecule has 0 heterocycles. The van der Waals surface area contributed by atoms with Crippen LogP contribution in [-0.2, 0) is 0 Å². The average molecular weight is 291 g/mol. The fourth-order valence-corrected chi connectivity index (χ4v) is 2.72. The number of azo groups is 2. The standard InChI is InChI=1S/C12H26N4S2/c1-3-5-7-13-15-9-11-17-18-12-10-16-14-8-6-4-2/h3-12H2,1-2H3. The average Bonchev–Trinajstić information content (AvgIpc) is 2.39. The van der Waals surface area contributed by atoms with E-state index in [0.717, 1.165) is 50.5 Å². The molecule has 106 valence electrons. The van der Waals surface area contributed by atoms with Crippen LogP contribution in [0.3, 0.4) is 0 Å². The van der Waals surface area contributed by atoms with E-state index in [1.807, 2.05) is 21.6 Å². The topological polar surface area (TPSA) is 49.4 Å². The van der Waals surface area contributed by atoms with Gasteiger partial charge >= 0.3 is 0 Å². The summed E-state index contributed by atoms with van der Waals surface area (Å²) in [5.74, 6) is 2.07. The molecule has 0 N–H and O–H groups in total. The first-order valence-corrected chi connectivity index (χ1v) is 9.31. The Morgan fingerprint density at radius 3 is 1.39 bits per heavy atom. The van der Waals surface area contributed by atoms with Gasteiger partial charge in [0.15, 0.2) is 0 Å². The van der Waals surface area contributed by atoms with Gasteiger partial charge in [-0.2, -0.15) is 20.5 Å². The molecule has 0 spiro atoms. The zero-order chi connectivity index (χ0) is 13.3. The lowest BCUT2D eigenvalue weighted by Crippen LogP contribution is -1.86. The van der Waals surface area contributed by atoms with Crippen molar-refractivity contribution >= 4 is 21.6 Å². The first-order valence-electron chi connectivity index (χ1n) is 6.82. The molecule has 0 saturated heterocycles. The highest BCUT2D eigenvalue weighted by molar-refractivity contribution is 8.76. The van der Waals surface area contributed by atoms with Crippen molar-refractivity contribution in [2.45, 2.75) is 39.5 Å². The molecule has 0 rings (SSSR count). The van der Waals surface area contributed by atoms with Crippen LogP contribution in [0.15, 0.2) is 20.5 Å². The first kappa shape index (κ1) is 17.9. The van der Waals surface area contributed by atoms with Gasteiger partial charge in [-0.1, -0.05) is 48.3 Å². The van der Waals surface area contributed by atoms with E-state index >= 15 is 0 Å². The Kier molecular flexibility index (Phi) is 16.8. The third kappa shape index (κ3) is 15.9. The molecule has 18 heavy (non-hydrogen) atoms. The second-order valence-electron chi connectivity index (χ2n) is 3.81. The van der Waals surface area contributed by atoms with Gasteiger partial charge in [0.2, 0.25) is 0 Å². The van der Waals surface area contributed by atoms with Crippen molar-refractivity contribution in [3.63, 3.8) is 0 Å². The van der Waals surface area contributed by atoms with Crippen molar-refractivity contribution in [3.8, 4) is 0 Å². The fraction of sp³-hybridized carbons (Fsp3) is 1.00. The second-order valence-corrected chi connectivity index (χ2v) is 6.51. The molecule has 0 aliphatic carbocycles. The fourth-order valence-electron chi connectivity index (χ4n) is 1.01. The predicted octanol–water partition coefficient (Wildman–Crippen LogP) is 4.87. The van der Waals surface area contributed by atoms with E-state index in [2.05, 4.69) is 34.3 Å². The zero-order valence-electron chi connectivity index (χ0n) is 11.7. The van der Waals surface area contributed by atoms with E-state index in [0.29, 0.717) is 0 Å². The molecule has 0 fully saturated rings. The monoisotopic (exact) mass is 290 g/mol. The molecule has 4 nitrogen and oxygen atoms in total. The highest BCUT2D eigenvalue weighted by Crippen LogP contribution is 2.20. The van der Waals surface area contributed by atoms with Crippen LogP contribution < -0.4 is 0 Å². The molecule has 6 heteroatoms. The van der Waals surface area contributed by atoms with Gasteiger partial charge in [0.05, 0.1) is 26.2 Å². The molecule has 0 aliphatic heterocycles. The zero-order valence-corrected chi connectivity index (χ0v) is 13.3. The minimum absolute atomic E-state index is 0.833. The van der Waals surface area contributed by atoms with Gasteiger partial charge in [0, 0.05) is 11.5 Å². The molecule has 0 saturated carbocycles. The highest BCUT2D eigenvalue weighted by atomic mass is 33.1. The minimum atomic E-state index is 0.833. The molecule has 0 radical (unpaired) electrons. The lowest BCUT2D eigenvalue weighted by Gasteiger charge is -1.96. The Balaban J connectivity index is 3.07. The van der Waals surface area contributed by atoms with Crippen molar-refractivity contribution in [2.24, 2.45) is 20.5 Å². The molecule has 0 aliphatic rings. The van der Waals surface area contributed by atoms with Crippen molar-refractivity contribution in [3.05, 3.63) is 0 Å². The summed E-state index contributed by atoms with van der Waals surface area (Å²) in [7, 11) is 3.69. The lowest BCUT2D eigenvalue weighted by molar-refractivity contribution is 0.761. The number of hydrogen-bond acceptors (Lipinski definition) is 6. The van der Waals surface area contributed by atoms with E-state index < -0.39 is 0 Å². The SMILES string of the molecule is CCCCN=NCCSSCCN=NCCCC. The van der Waals surface area contributed by atoms with Crippen LogP contribution in [0.2, 0.25) is 0 Å². The minimum Gasteiger partial charge on any atom is -0.194 e. The van der Waals surface area contributed by atoms with Gasteiger partial charge in [0.25, 0.3) is 0 Å². The van der Waals surface area contributed by atoms with E-state index in [9.17, 15) is 0 Å². The summed E-state index contributed by atoms with van der Waals surface area (Å²) < 4.78 is 0. The maximum atomic E-state index is 4.13. The first-order chi connectivity index (χ1) is 8.91. The van der Waals surface area contributed by atoms with E-state index in [1.54, 1.807) is 0 Å². The normalized spacial score (nSPS) is 11.9. The van der Waals surface area contributed by atoms with Crippen molar-refractivity contribution in [1.82, 2.24) is 0 Å². The van der Waals surface area contributed by atoms with Gasteiger partial charge in [0.1, 0.15) is 0 Å². The van der Waals surface area contributed by atoms with Crippen molar-refractivity contribution < 1.29 is 0 Å². The van der Waals surface area contributed by atoms with Crippen molar-refractivity contribution in [1.29, 1.82) is 0 Å². The van der Waals surface area contributed by atoms with Crippen molar-refractivity contribution in [2.75, 3.05) is 37.7 Å². The van der Waals surface area contributed by atoms with E-state index in [1.165, 1.54) is 12.8 Å². The summed E-state index contributed by atoms with van der Waals surface area (Å²) in [6.45, 7) is 7.76. The molecular weight excluding hydrogens is 264 g/mol. The van der Waals surface area contributed by atoms with Crippen LogP contribution in [0.1, 0.15) is 39.5 Å². The van der Waals surface area contributed by atoms with Crippen LogP contribution in [0.4, 0.5) is 0 Å². The van der Waals surface area contributed by atoms with Gasteiger partial charge in [-0.05, 0) is 12.8 Å². The van der Waals surface area contributed by atoms with Gasteiger partial charge in [-0.3, -0.25) is 0 Å². The quantitative estimate of drug-likeness (QED) is 0.276.